The lowest BCUT2D eigenvalue weighted by atomic mass is 10.1. The Morgan fingerprint density at radius 3 is 2.52 bits per heavy atom. The van der Waals surface area contributed by atoms with E-state index in [0.29, 0.717) is 16.3 Å². The molecule has 116 valence electrons. The van der Waals surface area contributed by atoms with E-state index in [1.54, 1.807) is 12.1 Å². The molecular weight excluding hydrogens is 306 g/mol. The molecule has 0 spiro atoms. The Morgan fingerprint density at radius 2 is 1.78 bits per heavy atom. The van der Waals surface area contributed by atoms with Crippen LogP contribution in [-0.2, 0) is 0 Å². The summed E-state index contributed by atoms with van der Waals surface area (Å²) in [6, 6.07) is 16.9. The number of aryl methyl sites for hydroxylation is 2. The lowest BCUT2D eigenvalue weighted by Gasteiger charge is -2.06. The molecule has 0 aliphatic rings. The molecule has 1 N–H and O–H groups in total. The first kappa shape index (κ1) is 15.4. The van der Waals surface area contributed by atoms with Gasteiger partial charge < -0.3 is 9.73 Å². The number of carbonyl (C=O) groups is 1. The van der Waals surface area contributed by atoms with Crippen LogP contribution in [0.3, 0.4) is 0 Å². The molecule has 4 heteroatoms. The van der Waals surface area contributed by atoms with Gasteiger partial charge in [0.25, 0.3) is 5.91 Å². The van der Waals surface area contributed by atoms with E-state index in [1.807, 2.05) is 36.4 Å². The minimum Gasteiger partial charge on any atom is -0.451 e. The summed E-state index contributed by atoms with van der Waals surface area (Å²) in [5.74, 6) is 0.661. The van der Waals surface area contributed by atoms with E-state index in [0.717, 1.165) is 5.56 Å². The van der Waals surface area contributed by atoms with Crippen molar-refractivity contribution in [2.24, 2.45) is 0 Å². The van der Waals surface area contributed by atoms with E-state index in [-0.39, 0.29) is 11.7 Å². The molecule has 3 aromatic rings. The van der Waals surface area contributed by atoms with Crippen LogP contribution in [0.15, 0.2) is 63.9 Å². The maximum absolute atomic E-state index is 12.3. The second kappa shape index (κ2) is 6.34. The zero-order valence-corrected chi connectivity index (χ0v) is 13.9. The summed E-state index contributed by atoms with van der Waals surface area (Å²) in [4.78, 5) is 13.0. The largest absolute Gasteiger partial charge is 0.451 e. The monoisotopic (exact) mass is 323 g/mol. The molecule has 0 aliphatic heterocycles. The maximum Gasteiger partial charge on any atom is 0.291 e. The first-order valence-electron chi connectivity index (χ1n) is 7.31. The molecule has 23 heavy (non-hydrogen) atoms. The van der Waals surface area contributed by atoms with Crippen molar-refractivity contribution >= 4 is 24.2 Å². The number of thiol groups is 1. The van der Waals surface area contributed by atoms with Crippen LogP contribution in [-0.4, -0.2) is 5.91 Å². The number of nitrogens with one attached hydrogen (secondary N) is 1. The third-order valence-electron chi connectivity index (χ3n) is 3.77. The molecule has 1 aromatic heterocycles. The summed E-state index contributed by atoms with van der Waals surface area (Å²) in [5.41, 5.74) is 4.03. The lowest BCUT2D eigenvalue weighted by Crippen LogP contribution is -2.11. The number of anilines is 1. The minimum atomic E-state index is -0.290. The van der Waals surface area contributed by atoms with E-state index in [2.05, 4.69) is 37.9 Å². The fourth-order valence-electron chi connectivity index (χ4n) is 2.27. The summed E-state index contributed by atoms with van der Waals surface area (Å²) < 4.78 is 5.70. The van der Waals surface area contributed by atoms with Gasteiger partial charge >= 0.3 is 0 Å². The molecule has 0 fully saturated rings. The molecule has 3 nitrogen and oxygen atoms in total. The molecule has 0 bridgehead atoms. The quantitative estimate of drug-likeness (QED) is 0.658. The van der Waals surface area contributed by atoms with Gasteiger partial charge in [-0.25, -0.2) is 0 Å². The average molecular weight is 323 g/mol. The van der Waals surface area contributed by atoms with Gasteiger partial charge in [-0.1, -0.05) is 24.3 Å². The normalized spacial score (nSPS) is 10.6. The second-order valence-corrected chi connectivity index (χ2v) is 5.92. The summed E-state index contributed by atoms with van der Waals surface area (Å²) in [5, 5.41) is 2.80. The number of rotatable bonds is 3. The van der Waals surface area contributed by atoms with Gasteiger partial charge in [-0.15, -0.1) is 12.6 Å². The van der Waals surface area contributed by atoms with Crippen LogP contribution in [0.25, 0.3) is 11.3 Å². The SMILES string of the molecule is Cc1ccc(-c2ccc(C(=O)Nc3ccccc3S)o2)cc1C. The average Bonchev–Trinajstić information content (AvgIpc) is 3.02. The van der Waals surface area contributed by atoms with Gasteiger partial charge in [0, 0.05) is 10.5 Å². The third-order valence-corrected chi connectivity index (χ3v) is 4.16. The number of furan rings is 1. The summed E-state index contributed by atoms with van der Waals surface area (Å²) in [7, 11) is 0. The van der Waals surface area contributed by atoms with Gasteiger partial charge in [-0.2, -0.15) is 0 Å². The summed E-state index contributed by atoms with van der Waals surface area (Å²) >= 11 is 4.32. The van der Waals surface area contributed by atoms with Crippen molar-refractivity contribution in [2.45, 2.75) is 18.7 Å². The van der Waals surface area contributed by atoms with Crippen molar-refractivity contribution in [1.82, 2.24) is 0 Å². The minimum absolute atomic E-state index is 0.273. The predicted molar refractivity (Wildman–Crippen MR) is 95.3 cm³/mol. The Labute approximate surface area is 140 Å². The Hall–Kier alpha value is -2.46. The number of para-hydroxylation sites is 1. The van der Waals surface area contributed by atoms with Crippen LogP contribution >= 0.6 is 12.6 Å². The van der Waals surface area contributed by atoms with Crippen molar-refractivity contribution < 1.29 is 9.21 Å². The van der Waals surface area contributed by atoms with E-state index in [1.165, 1.54) is 11.1 Å². The Balaban J connectivity index is 1.82. The van der Waals surface area contributed by atoms with Gasteiger partial charge in [-0.05, 0) is 55.3 Å². The first-order chi connectivity index (χ1) is 11.0. The van der Waals surface area contributed by atoms with Crippen LogP contribution in [0, 0.1) is 13.8 Å². The molecule has 1 heterocycles. The molecule has 0 saturated heterocycles. The Morgan fingerprint density at radius 1 is 1.00 bits per heavy atom. The lowest BCUT2D eigenvalue weighted by molar-refractivity contribution is 0.0997. The highest BCUT2D eigenvalue weighted by molar-refractivity contribution is 7.80. The van der Waals surface area contributed by atoms with Crippen LogP contribution in [0.2, 0.25) is 0 Å². The van der Waals surface area contributed by atoms with Crippen LogP contribution in [0.4, 0.5) is 5.69 Å². The predicted octanol–water partition coefficient (Wildman–Crippen LogP) is 5.10. The van der Waals surface area contributed by atoms with Crippen molar-refractivity contribution in [3.63, 3.8) is 0 Å². The molecular formula is C19H17NO2S. The van der Waals surface area contributed by atoms with E-state index < -0.39 is 0 Å². The molecule has 3 rings (SSSR count). The number of carbonyl (C=O) groups excluding carboxylic acids is 1. The van der Waals surface area contributed by atoms with E-state index in [9.17, 15) is 4.79 Å². The number of amides is 1. The molecule has 0 radical (unpaired) electrons. The Bertz CT molecular complexity index is 867. The van der Waals surface area contributed by atoms with Crippen molar-refractivity contribution in [3.8, 4) is 11.3 Å². The number of hydrogen-bond acceptors (Lipinski definition) is 3. The van der Waals surface area contributed by atoms with Gasteiger partial charge in [-0.3, -0.25) is 4.79 Å². The van der Waals surface area contributed by atoms with Crippen LogP contribution < -0.4 is 5.32 Å². The van der Waals surface area contributed by atoms with Gasteiger partial charge in [0.1, 0.15) is 5.76 Å². The highest BCUT2D eigenvalue weighted by atomic mass is 32.1. The fraction of sp³-hybridized carbons (Fsp3) is 0.105. The summed E-state index contributed by atoms with van der Waals surface area (Å²) in [6.45, 7) is 4.12. The fourth-order valence-corrected chi connectivity index (χ4v) is 2.49. The zero-order chi connectivity index (χ0) is 16.4. The molecule has 0 saturated carbocycles. The first-order valence-corrected chi connectivity index (χ1v) is 7.76. The zero-order valence-electron chi connectivity index (χ0n) is 13.0. The number of hydrogen-bond donors (Lipinski definition) is 2. The van der Waals surface area contributed by atoms with Crippen LogP contribution in [0.5, 0.6) is 0 Å². The van der Waals surface area contributed by atoms with Crippen molar-refractivity contribution in [3.05, 3.63) is 71.5 Å². The van der Waals surface area contributed by atoms with Gasteiger partial charge in [0.05, 0.1) is 5.69 Å². The van der Waals surface area contributed by atoms with E-state index >= 15 is 0 Å². The number of benzene rings is 2. The highest BCUT2D eigenvalue weighted by Gasteiger charge is 2.13. The molecule has 0 unspecified atom stereocenters. The Kier molecular flexibility index (Phi) is 4.26. The highest BCUT2D eigenvalue weighted by Crippen LogP contribution is 2.25. The van der Waals surface area contributed by atoms with Crippen molar-refractivity contribution in [1.29, 1.82) is 0 Å². The van der Waals surface area contributed by atoms with Gasteiger partial charge in [0.2, 0.25) is 0 Å². The van der Waals surface area contributed by atoms with E-state index in [4.69, 9.17) is 4.42 Å². The topological polar surface area (TPSA) is 42.2 Å². The maximum atomic E-state index is 12.3. The molecule has 1 amide bonds. The summed E-state index contributed by atoms with van der Waals surface area (Å²) in [6.07, 6.45) is 0. The standard InChI is InChI=1S/C19H17NO2S/c1-12-7-8-14(11-13(12)2)16-9-10-17(22-16)19(21)20-15-5-3-4-6-18(15)23/h3-11,23H,1-2H3,(H,20,21). The smallest absolute Gasteiger partial charge is 0.291 e. The van der Waals surface area contributed by atoms with Gasteiger partial charge in [0.15, 0.2) is 5.76 Å². The second-order valence-electron chi connectivity index (χ2n) is 5.43. The molecule has 2 aromatic carbocycles. The van der Waals surface area contributed by atoms with Crippen molar-refractivity contribution in [2.75, 3.05) is 5.32 Å². The molecule has 0 aliphatic carbocycles. The third kappa shape index (κ3) is 3.32. The van der Waals surface area contributed by atoms with Crippen LogP contribution in [0.1, 0.15) is 21.7 Å². The molecule has 0 atom stereocenters.